The Morgan fingerprint density at radius 1 is 0.913 bits per heavy atom. The van der Waals surface area contributed by atoms with Crippen molar-refractivity contribution in [3.05, 3.63) is 72.7 Å². The molecule has 6 nitrogen and oxygen atoms in total. The first-order chi connectivity index (χ1) is 11.2. The Bertz CT molecular complexity index is 803. The minimum Gasteiger partial charge on any atom is -0.397 e. The predicted molar refractivity (Wildman–Crippen MR) is 90.6 cm³/mol. The number of pyridine rings is 2. The van der Waals surface area contributed by atoms with E-state index < -0.39 is 0 Å². The van der Waals surface area contributed by atoms with Crippen LogP contribution in [0.2, 0.25) is 0 Å². The Balaban J connectivity index is 1.68. The molecule has 1 aromatic carbocycles. The van der Waals surface area contributed by atoms with Crippen molar-refractivity contribution in [1.82, 2.24) is 9.97 Å². The van der Waals surface area contributed by atoms with Crippen LogP contribution in [-0.4, -0.2) is 15.9 Å². The molecule has 0 aliphatic rings. The van der Waals surface area contributed by atoms with Gasteiger partial charge in [0.2, 0.25) is 0 Å². The largest absolute Gasteiger partial charge is 0.397 e. The Kier molecular flexibility index (Phi) is 4.15. The van der Waals surface area contributed by atoms with Crippen molar-refractivity contribution in [3.63, 3.8) is 0 Å². The number of nitrogens with one attached hydrogen (secondary N) is 2. The smallest absolute Gasteiger partial charge is 0.277 e. The zero-order valence-corrected chi connectivity index (χ0v) is 12.2. The van der Waals surface area contributed by atoms with Gasteiger partial charge in [-0.3, -0.25) is 4.79 Å². The normalized spacial score (nSPS) is 10.1. The molecule has 1 amide bonds. The van der Waals surface area contributed by atoms with Gasteiger partial charge >= 0.3 is 0 Å². The van der Waals surface area contributed by atoms with Crippen LogP contribution in [0.15, 0.2) is 67.0 Å². The number of nitrogens with two attached hydrogens (primary N) is 1. The van der Waals surface area contributed by atoms with Crippen molar-refractivity contribution in [2.24, 2.45) is 0 Å². The Morgan fingerprint density at radius 3 is 2.43 bits per heavy atom. The summed E-state index contributed by atoms with van der Waals surface area (Å²) in [6, 6.07) is 16.6. The minimum absolute atomic E-state index is 0.181. The lowest BCUT2D eigenvalue weighted by atomic mass is 10.3. The number of carbonyl (C=O) groups is 1. The first-order valence-corrected chi connectivity index (χ1v) is 7.02. The van der Waals surface area contributed by atoms with Crippen molar-refractivity contribution in [1.29, 1.82) is 0 Å². The number of carbonyl (C=O) groups excluding carboxylic acids is 1. The van der Waals surface area contributed by atoms with Gasteiger partial charge in [0.25, 0.3) is 5.91 Å². The fourth-order valence-electron chi connectivity index (χ4n) is 2.01. The molecule has 0 saturated carbocycles. The van der Waals surface area contributed by atoms with Crippen LogP contribution in [-0.2, 0) is 0 Å². The zero-order chi connectivity index (χ0) is 16.1. The Morgan fingerprint density at radius 2 is 1.74 bits per heavy atom. The molecule has 6 heteroatoms. The van der Waals surface area contributed by atoms with E-state index in [0.717, 1.165) is 11.4 Å². The molecule has 2 aromatic heterocycles. The monoisotopic (exact) mass is 305 g/mol. The first-order valence-electron chi connectivity index (χ1n) is 7.02. The maximum atomic E-state index is 12.1. The molecule has 0 radical (unpaired) electrons. The van der Waals surface area contributed by atoms with Gasteiger partial charge in [-0.2, -0.15) is 0 Å². The number of rotatable bonds is 4. The van der Waals surface area contributed by atoms with E-state index in [0.29, 0.717) is 11.5 Å². The van der Waals surface area contributed by atoms with E-state index in [1.165, 1.54) is 6.20 Å². The van der Waals surface area contributed by atoms with Gasteiger partial charge in [-0.25, -0.2) is 9.97 Å². The summed E-state index contributed by atoms with van der Waals surface area (Å²) in [4.78, 5) is 20.3. The number of hydrogen-bond donors (Lipinski definition) is 3. The van der Waals surface area contributed by atoms with E-state index in [1.54, 1.807) is 24.4 Å². The third-order valence-corrected chi connectivity index (χ3v) is 3.12. The van der Waals surface area contributed by atoms with Crippen LogP contribution in [0.1, 0.15) is 10.5 Å². The molecule has 0 unspecified atom stereocenters. The summed E-state index contributed by atoms with van der Waals surface area (Å²) < 4.78 is 0. The molecule has 0 aliphatic carbocycles. The molecule has 114 valence electrons. The lowest BCUT2D eigenvalue weighted by Crippen LogP contribution is -2.16. The van der Waals surface area contributed by atoms with Gasteiger partial charge in [-0.15, -0.1) is 0 Å². The van der Waals surface area contributed by atoms with Gasteiger partial charge in [0.1, 0.15) is 5.82 Å². The molecule has 0 atom stereocenters. The van der Waals surface area contributed by atoms with E-state index >= 15 is 0 Å². The molecule has 23 heavy (non-hydrogen) atoms. The fraction of sp³-hybridized carbons (Fsp3) is 0. The third kappa shape index (κ3) is 3.62. The van der Waals surface area contributed by atoms with Crippen LogP contribution >= 0.6 is 0 Å². The molecule has 0 aliphatic heterocycles. The summed E-state index contributed by atoms with van der Waals surface area (Å²) in [5.41, 5.74) is 8.03. The maximum Gasteiger partial charge on any atom is 0.277 e. The van der Waals surface area contributed by atoms with Crippen LogP contribution in [0, 0.1) is 0 Å². The first kappa shape index (κ1) is 14.5. The van der Waals surface area contributed by atoms with Gasteiger partial charge < -0.3 is 16.4 Å². The van der Waals surface area contributed by atoms with Crippen LogP contribution in [0.4, 0.5) is 22.9 Å². The second-order valence-electron chi connectivity index (χ2n) is 4.82. The average Bonchev–Trinajstić information content (AvgIpc) is 2.58. The summed E-state index contributed by atoms with van der Waals surface area (Å²) in [6.07, 6.45) is 3.16. The van der Waals surface area contributed by atoms with Crippen LogP contribution in [0.25, 0.3) is 0 Å². The highest BCUT2D eigenvalue weighted by Gasteiger charge is 2.11. The lowest BCUT2D eigenvalue weighted by molar-refractivity contribution is 0.102. The molecule has 3 aromatic rings. The molecule has 0 spiro atoms. The van der Waals surface area contributed by atoms with Crippen molar-refractivity contribution in [3.8, 4) is 0 Å². The van der Waals surface area contributed by atoms with Gasteiger partial charge in [-0.1, -0.05) is 18.2 Å². The quantitative estimate of drug-likeness (QED) is 0.689. The average molecular weight is 305 g/mol. The molecule has 2 heterocycles. The van der Waals surface area contributed by atoms with Crippen LogP contribution in [0.5, 0.6) is 0 Å². The Labute approximate surface area is 133 Å². The summed E-state index contributed by atoms with van der Waals surface area (Å²) in [5, 5.41) is 5.89. The summed E-state index contributed by atoms with van der Waals surface area (Å²) in [7, 11) is 0. The van der Waals surface area contributed by atoms with E-state index in [2.05, 4.69) is 20.6 Å². The number of aromatic nitrogens is 2. The standard InChI is InChI=1S/C17H15N5O/c18-14-7-4-10-19-16(14)17(23)22-15-9-8-13(11-20-15)21-12-5-2-1-3-6-12/h1-11,21H,18H2,(H,20,22,23). The van der Waals surface area contributed by atoms with Crippen molar-refractivity contribution in [2.45, 2.75) is 0 Å². The molecule has 0 saturated heterocycles. The topological polar surface area (TPSA) is 92.9 Å². The highest BCUT2D eigenvalue weighted by molar-refractivity contribution is 6.05. The molecular weight excluding hydrogens is 290 g/mol. The minimum atomic E-state index is -0.389. The third-order valence-electron chi connectivity index (χ3n) is 3.12. The predicted octanol–water partition coefficient (Wildman–Crippen LogP) is 3.05. The van der Waals surface area contributed by atoms with Crippen molar-refractivity contribution < 1.29 is 4.79 Å². The number of anilines is 4. The maximum absolute atomic E-state index is 12.1. The SMILES string of the molecule is Nc1cccnc1C(=O)Nc1ccc(Nc2ccccc2)cn1. The van der Waals surface area contributed by atoms with Crippen molar-refractivity contribution in [2.75, 3.05) is 16.4 Å². The van der Waals surface area contributed by atoms with E-state index in [4.69, 9.17) is 5.73 Å². The second-order valence-corrected chi connectivity index (χ2v) is 4.82. The number of para-hydroxylation sites is 1. The number of amides is 1. The molecule has 3 rings (SSSR count). The number of hydrogen-bond acceptors (Lipinski definition) is 5. The van der Waals surface area contributed by atoms with Gasteiger partial charge in [0, 0.05) is 11.9 Å². The fourth-order valence-corrected chi connectivity index (χ4v) is 2.01. The van der Waals surface area contributed by atoms with Gasteiger partial charge in [-0.05, 0) is 36.4 Å². The summed E-state index contributed by atoms with van der Waals surface area (Å²) in [6.45, 7) is 0. The summed E-state index contributed by atoms with van der Waals surface area (Å²) in [5.74, 6) is 0.0398. The highest BCUT2D eigenvalue weighted by atomic mass is 16.1. The lowest BCUT2D eigenvalue weighted by Gasteiger charge is -2.08. The number of nitrogens with zero attached hydrogens (tertiary/aromatic N) is 2. The number of benzene rings is 1. The van der Waals surface area contributed by atoms with Gasteiger partial charge in [0.15, 0.2) is 5.69 Å². The molecule has 0 bridgehead atoms. The summed E-state index contributed by atoms with van der Waals surface area (Å²) >= 11 is 0. The van der Waals surface area contributed by atoms with E-state index in [-0.39, 0.29) is 11.6 Å². The Hall–Kier alpha value is -3.41. The molecular formula is C17H15N5O. The van der Waals surface area contributed by atoms with Gasteiger partial charge in [0.05, 0.1) is 17.6 Å². The van der Waals surface area contributed by atoms with Crippen LogP contribution < -0.4 is 16.4 Å². The highest BCUT2D eigenvalue weighted by Crippen LogP contribution is 2.17. The second kappa shape index (κ2) is 6.57. The van der Waals surface area contributed by atoms with E-state index in [1.807, 2.05) is 36.4 Å². The molecule has 0 fully saturated rings. The van der Waals surface area contributed by atoms with E-state index in [9.17, 15) is 4.79 Å². The molecule has 4 N–H and O–H groups in total. The van der Waals surface area contributed by atoms with Crippen molar-refractivity contribution >= 4 is 28.8 Å². The number of nitrogen functional groups attached to an aromatic ring is 1. The van der Waals surface area contributed by atoms with Crippen LogP contribution in [0.3, 0.4) is 0 Å². The zero-order valence-electron chi connectivity index (χ0n) is 12.2.